The van der Waals surface area contributed by atoms with Gasteiger partial charge in [0.05, 0.1) is 0 Å². The van der Waals surface area contributed by atoms with Crippen LogP contribution < -0.4 is 10.6 Å². The average Bonchev–Trinajstić information content (AvgIpc) is 2.83. The highest BCUT2D eigenvalue weighted by Gasteiger charge is 2.35. The van der Waals surface area contributed by atoms with Crippen molar-refractivity contribution in [1.82, 2.24) is 19.5 Å². The van der Waals surface area contributed by atoms with E-state index in [0.717, 1.165) is 5.82 Å². The van der Waals surface area contributed by atoms with Gasteiger partial charge in [0.25, 0.3) is 0 Å². The Hall–Kier alpha value is -2.32. The Labute approximate surface area is 119 Å². The molecule has 21 heavy (non-hydrogen) atoms. The number of imidazole rings is 1. The highest BCUT2D eigenvalue weighted by Crippen LogP contribution is 2.28. The van der Waals surface area contributed by atoms with E-state index in [9.17, 15) is 13.2 Å². The van der Waals surface area contributed by atoms with Crippen molar-refractivity contribution in [1.29, 1.82) is 0 Å². The van der Waals surface area contributed by atoms with Crippen LogP contribution in [0, 0.1) is 0 Å². The van der Waals surface area contributed by atoms with Crippen LogP contribution in [0.3, 0.4) is 0 Å². The Morgan fingerprint density at radius 1 is 1.24 bits per heavy atom. The van der Waals surface area contributed by atoms with Gasteiger partial charge >= 0.3 is 6.18 Å². The largest absolute Gasteiger partial charge is 0.451 e. The Kier molecular flexibility index (Phi) is 4.29. The zero-order valence-electron chi connectivity index (χ0n) is 11.6. The van der Waals surface area contributed by atoms with E-state index < -0.39 is 12.0 Å². The first kappa shape index (κ1) is 15.1. The maximum absolute atomic E-state index is 12.7. The molecule has 2 aromatic heterocycles. The summed E-state index contributed by atoms with van der Waals surface area (Å²) in [4.78, 5) is 11.0. The van der Waals surface area contributed by atoms with Gasteiger partial charge in [-0.2, -0.15) is 13.2 Å². The van der Waals surface area contributed by atoms with Gasteiger partial charge < -0.3 is 15.2 Å². The van der Waals surface area contributed by atoms with Crippen molar-refractivity contribution in [3.8, 4) is 0 Å². The van der Waals surface area contributed by atoms with Gasteiger partial charge in [-0.3, -0.25) is 0 Å². The molecule has 0 aliphatic rings. The zero-order valence-corrected chi connectivity index (χ0v) is 11.6. The fourth-order valence-electron chi connectivity index (χ4n) is 1.73. The molecule has 0 bridgehead atoms. The molecule has 0 saturated heterocycles. The smallest absolute Gasteiger partial charge is 0.373 e. The number of hydrogen-bond acceptors (Lipinski definition) is 5. The van der Waals surface area contributed by atoms with Gasteiger partial charge in [-0.25, -0.2) is 15.0 Å². The van der Waals surface area contributed by atoms with Gasteiger partial charge in [0, 0.05) is 45.5 Å². The van der Waals surface area contributed by atoms with Crippen LogP contribution in [0.15, 0.2) is 18.5 Å². The van der Waals surface area contributed by atoms with Crippen LogP contribution in [0.2, 0.25) is 0 Å². The molecule has 0 aliphatic carbocycles. The molecule has 2 heterocycles. The lowest BCUT2D eigenvalue weighted by molar-refractivity contribution is -0.144. The number of halogens is 3. The maximum atomic E-state index is 12.7. The minimum atomic E-state index is -4.58. The van der Waals surface area contributed by atoms with Crippen LogP contribution in [0.5, 0.6) is 0 Å². The summed E-state index contributed by atoms with van der Waals surface area (Å²) < 4.78 is 39.9. The summed E-state index contributed by atoms with van der Waals surface area (Å²) in [6.45, 7) is 0.419. The molecule has 0 fully saturated rings. The molecule has 0 amide bonds. The predicted octanol–water partition coefficient (Wildman–Crippen LogP) is 1.93. The zero-order chi connectivity index (χ0) is 15.5. The fraction of sp³-hybridized carbons (Fsp3) is 0.417. The lowest BCUT2D eigenvalue weighted by atomic mass is 10.4. The minimum Gasteiger partial charge on any atom is -0.373 e. The van der Waals surface area contributed by atoms with E-state index in [2.05, 4.69) is 25.6 Å². The number of nitrogens with one attached hydrogen (secondary N) is 2. The molecule has 0 aliphatic heterocycles. The van der Waals surface area contributed by atoms with Gasteiger partial charge in [-0.15, -0.1) is 0 Å². The monoisotopic (exact) mass is 300 g/mol. The Bertz CT molecular complexity index is 607. The average molecular weight is 300 g/mol. The number of aromatic nitrogens is 4. The Morgan fingerprint density at radius 2 is 1.95 bits per heavy atom. The molecule has 114 valence electrons. The van der Waals surface area contributed by atoms with Crippen LogP contribution >= 0.6 is 0 Å². The number of nitrogens with zero attached hydrogens (tertiary/aromatic N) is 4. The molecule has 0 radical (unpaired) electrons. The number of anilines is 2. The van der Waals surface area contributed by atoms with Gasteiger partial charge in [-0.1, -0.05) is 0 Å². The molecule has 0 saturated carbocycles. The molecule has 0 aromatic carbocycles. The van der Waals surface area contributed by atoms with Crippen molar-refractivity contribution in [2.24, 2.45) is 7.05 Å². The van der Waals surface area contributed by atoms with Crippen LogP contribution in [0.4, 0.5) is 24.8 Å². The molecule has 2 N–H and O–H groups in total. The van der Waals surface area contributed by atoms with Crippen LogP contribution in [0.1, 0.15) is 11.6 Å². The van der Waals surface area contributed by atoms with Gasteiger partial charge in [-0.05, 0) is 0 Å². The first-order valence-electron chi connectivity index (χ1n) is 6.24. The predicted molar refractivity (Wildman–Crippen MR) is 72.0 cm³/mol. The van der Waals surface area contributed by atoms with E-state index in [-0.39, 0.29) is 11.6 Å². The van der Waals surface area contributed by atoms with Crippen molar-refractivity contribution in [3.05, 3.63) is 30.1 Å². The standard InChI is InChI=1S/C12H15F3N6/c1-16-8-7-9(20-11(19-8)12(13,14)15)17-4-3-10-18-5-6-21(10)2/h5-7H,3-4H2,1-2H3,(H2,16,17,19,20). The molecule has 0 atom stereocenters. The fourth-order valence-corrected chi connectivity index (χ4v) is 1.73. The lowest BCUT2D eigenvalue weighted by Gasteiger charge is -2.11. The molecule has 2 aromatic rings. The molecule has 0 unspecified atom stereocenters. The van der Waals surface area contributed by atoms with Gasteiger partial charge in [0.15, 0.2) is 0 Å². The van der Waals surface area contributed by atoms with Crippen molar-refractivity contribution < 1.29 is 13.2 Å². The lowest BCUT2D eigenvalue weighted by Crippen LogP contribution is -2.16. The van der Waals surface area contributed by atoms with E-state index in [1.807, 2.05) is 11.6 Å². The number of hydrogen-bond donors (Lipinski definition) is 2. The van der Waals surface area contributed by atoms with Gasteiger partial charge in [0.2, 0.25) is 5.82 Å². The Balaban J connectivity index is 2.07. The highest BCUT2D eigenvalue weighted by molar-refractivity contribution is 5.47. The summed E-state index contributed by atoms with van der Waals surface area (Å²) in [6.07, 6.45) is -0.533. The SMILES string of the molecule is CNc1cc(NCCc2nccn2C)nc(C(F)(F)F)n1. The number of rotatable bonds is 5. The van der Waals surface area contributed by atoms with Crippen molar-refractivity contribution >= 4 is 11.6 Å². The molecular weight excluding hydrogens is 285 g/mol. The quantitative estimate of drug-likeness (QED) is 0.883. The molecular formula is C12H15F3N6. The van der Waals surface area contributed by atoms with Gasteiger partial charge in [0.1, 0.15) is 17.5 Å². The van der Waals surface area contributed by atoms with E-state index in [1.54, 1.807) is 12.4 Å². The summed E-state index contributed by atoms with van der Waals surface area (Å²) in [5.41, 5.74) is 0. The van der Waals surface area contributed by atoms with E-state index in [0.29, 0.717) is 13.0 Å². The van der Waals surface area contributed by atoms with Crippen LogP contribution in [-0.2, 0) is 19.6 Å². The second-order valence-corrected chi connectivity index (χ2v) is 4.34. The highest BCUT2D eigenvalue weighted by atomic mass is 19.4. The van der Waals surface area contributed by atoms with E-state index >= 15 is 0 Å². The third-order valence-electron chi connectivity index (χ3n) is 2.81. The third-order valence-corrected chi connectivity index (χ3v) is 2.81. The molecule has 0 spiro atoms. The number of aryl methyl sites for hydroxylation is 1. The summed E-state index contributed by atoms with van der Waals surface area (Å²) >= 11 is 0. The van der Waals surface area contributed by atoms with E-state index in [4.69, 9.17) is 0 Å². The second kappa shape index (κ2) is 5.98. The first-order chi connectivity index (χ1) is 9.90. The van der Waals surface area contributed by atoms with Crippen molar-refractivity contribution in [2.45, 2.75) is 12.6 Å². The molecule has 9 heteroatoms. The summed E-state index contributed by atoms with van der Waals surface area (Å²) in [6, 6.07) is 1.42. The van der Waals surface area contributed by atoms with Crippen molar-refractivity contribution in [3.63, 3.8) is 0 Å². The maximum Gasteiger partial charge on any atom is 0.451 e. The molecule has 6 nitrogen and oxygen atoms in total. The minimum absolute atomic E-state index is 0.108. The van der Waals surface area contributed by atoms with E-state index in [1.165, 1.54) is 13.1 Å². The summed E-state index contributed by atoms with van der Waals surface area (Å²) in [5, 5.41) is 5.44. The topological polar surface area (TPSA) is 67.7 Å². The summed E-state index contributed by atoms with van der Waals surface area (Å²) in [7, 11) is 3.36. The van der Waals surface area contributed by atoms with Crippen molar-refractivity contribution in [2.75, 3.05) is 24.2 Å². The Morgan fingerprint density at radius 3 is 2.52 bits per heavy atom. The number of alkyl halides is 3. The normalized spacial score (nSPS) is 11.5. The third kappa shape index (κ3) is 3.83. The molecule has 2 rings (SSSR count). The summed E-state index contributed by atoms with van der Waals surface area (Å²) in [5.74, 6) is -0.108. The first-order valence-corrected chi connectivity index (χ1v) is 6.24. The second-order valence-electron chi connectivity index (χ2n) is 4.34. The van der Waals surface area contributed by atoms with Crippen LogP contribution in [0.25, 0.3) is 0 Å². The van der Waals surface area contributed by atoms with Crippen LogP contribution in [-0.4, -0.2) is 33.1 Å².